The molecule has 0 bridgehead atoms. The van der Waals surface area contributed by atoms with Gasteiger partial charge >= 0.3 is 0 Å². The first-order valence-electron chi connectivity index (χ1n) is 10.0. The Bertz CT molecular complexity index is 946. The molecule has 146 valence electrons. The van der Waals surface area contributed by atoms with E-state index < -0.39 is 0 Å². The summed E-state index contributed by atoms with van der Waals surface area (Å²) in [5, 5.41) is 4.20. The molecule has 1 fully saturated rings. The summed E-state index contributed by atoms with van der Waals surface area (Å²) in [5.41, 5.74) is 2.90. The number of likely N-dealkylation sites (tertiary alicyclic amines) is 1. The van der Waals surface area contributed by atoms with E-state index in [1.807, 2.05) is 16.9 Å². The second-order valence-corrected chi connectivity index (χ2v) is 7.78. The number of piperidine rings is 1. The predicted molar refractivity (Wildman–Crippen MR) is 110 cm³/mol. The molecule has 0 unspecified atom stereocenters. The number of hydrogen-bond donors (Lipinski definition) is 1. The fourth-order valence-electron chi connectivity index (χ4n) is 3.89. The molecule has 6 nitrogen and oxygen atoms in total. The zero-order valence-corrected chi connectivity index (χ0v) is 16.3. The summed E-state index contributed by atoms with van der Waals surface area (Å²) < 4.78 is 1.85. The number of aryl methyl sites for hydroxylation is 2. The number of nitrogens with zero attached hydrogens (tertiary/aromatic N) is 4. The molecule has 6 heteroatoms. The standard InChI is InChI=1S/C22H27N5O/c1-17-4-2-11-26(15-17)16-18-5-7-19(8-6-18)22-24-20(14-21(28)25-22)9-13-27-12-3-10-23-27/h3,5-8,10,12,14,17H,2,4,9,11,13,15-16H2,1H3,(H,24,25,28)/t17-/m0/s1. The molecule has 1 aliphatic heterocycles. The highest BCUT2D eigenvalue weighted by molar-refractivity contribution is 5.55. The average Bonchev–Trinajstić information content (AvgIpc) is 3.20. The van der Waals surface area contributed by atoms with Crippen molar-refractivity contribution in [1.29, 1.82) is 0 Å². The highest BCUT2D eigenvalue weighted by atomic mass is 16.1. The van der Waals surface area contributed by atoms with Crippen molar-refractivity contribution in [2.24, 2.45) is 5.92 Å². The van der Waals surface area contributed by atoms with E-state index >= 15 is 0 Å². The lowest BCUT2D eigenvalue weighted by atomic mass is 9.99. The van der Waals surface area contributed by atoms with Crippen molar-refractivity contribution in [3.8, 4) is 11.4 Å². The Labute approximate surface area is 165 Å². The molecular formula is C22H27N5O. The number of hydrogen-bond acceptors (Lipinski definition) is 4. The van der Waals surface area contributed by atoms with Crippen LogP contribution < -0.4 is 5.56 Å². The molecule has 1 aliphatic rings. The van der Waals surface area contributed by atoms with Gasteiger partial charge in [0.25, 0.3) is 5.56 Å². The second kappa shape index (κ2) is 8.52. The number of benzene rings is 1. The van der Waals surface area contributed by atoms with E-state index in [9.17, 15) is 4.79 Å². The van der Waals surface area contributed by atoms with Gasteiger partial charge in [0, 0.05) is 50.1 Å². The van der Waals surface area contributed by atoms with Crippen LogP contribution in [0, 0.1) is 5.92 Å². The SMILES string of the molecule is C[C@H]1CCCN(Cc2ccc(-c3nc(CCn4cccn4)cc(=O)[nH]3)cc2)C1. The van der Waals surface area contributed by atoms with Crippen molar-refractivity contribution in [2.75, 3.05) is 13.1 Å². The van der Waals surface area contributed by atoms with Crippen LogP contribution in [0.2, 0.25) is 0 Å². The Kier molecular flexibility index (Phi) is 5.67. The average molecular weight is 377 g/mol. The van der Waals surface area contributed by atoms with Gasteiger partial charge in [0.2, 0.25) is 0 Å². The van der Waals surface area contributed by atoms with E-state index in [4.69, 9.17) is 0 Å². The number of rotatable bonds is 6. The topological polar surface area (TPSA) is 66.8 Å². The molecule has 1 N–H and O–H groups in total. The Morgan fingerprint density at radius 3 is 2.86 bits per heavy atom. The van der Waals surface area contributed by atoms with Crippen molar-refractivity contribution in [2.45, 2.75) is 39.3 Å². The first-order valence-corrected chi connectivity index (χ1v) is 10.0. The van der Waals surface area contributed by atoms with Gasteiger partial charge in [0.1, 0.15) is 5.82 Å². The molecule has 0 radical (unpaired) electrons. The molecule has 3 aromatic rings. The minimum absolute atomic E-state index is 0.119. The first kappa shape index (κ1) is 18.6. The van der Waals surface area contributed by atoms with Crippen LogP contribution in [-0.2, 0) is 19.5 Å². The Hall–Kier alpha value is -2.73. The predicted octanol–water partition coefficient (Wildman–Crippen LogP) is 3.11. The highest BCUT2D eigenvalue weighted by Gasteiger charge is 2.16. The summed E-state index contributed by atoms with van der Waals surface area (Å²) in [6, 6.07) is 11.9. The van der Waals surface area contributed by atoms with Crippen LogP contribution in [0.15, 0.2) is 53.6 Å². The largest absolute Gasteiger partial charge is 0.307 e. The van der Waals surface area contributed by atoms with Gasteiger partial charge in [-0.25, -0.2) is 4.98 Å². The van der Waals surface area contributed by atoms with Crippen LogP contribution in [0.1, 0.15) is 31.0 Å². The van der Waals surface area contributed by atoms with Crippen molar-refractivity contribution in [3.05, 3.63) is 70.4 Å². The van der Waals surface area contributed by atoms with Gasteiger partial charge in [-0.2, -0.15) is 5.10 Å². The second-order valence-electron chi connectivity index (χ2n) is 7.78. The fraction of sp³-hybridized carbons (Fsp3) is 0.409. The van der Waals surface area contributed by atoms with Crippen molar-refractivity contribution in [3.63, 3.8) is 0 Å². The number of H-pyrrole nitrogens is 1. The van der Waals surface area contributed by atoms with E-state index in [0.29, 0.717) is 18.8 Å². The van der Waals surface area contributed by atoms with Gasteiger partial charge < -0.3 is 4.98 Å². The molecular weight excluding hydrogens is 350 g/mol. The molecule has 1 saturated heterocycles. The molecule has 0 amide bonds. The molecule has 3 heterocycles. The van der Waals surface area contributed by atoms with Crippen LogP contribution in [0.25, 0.3) is 11.4 Å². The van der Waals surface area contributed by atoms with E-state index in [0.717, 1.165) is 23.7 Å². The summed E-state index contributed by atoms with van der Waals surface area (Å²) in [5.74, 6) is 1.41. The fourth-order valence-corrected chi connectivity index (χ4v) is 3.89. The maximum atomic E-state index is 12.1. The van der Waals surface area contributed by atoms with Crippen LogP contribution in [0.3, 0.4) is 0 Å². The number of nitrogens with one attached hydrogen (secondary N) is 1. The summed E-state index contributed by atoms with van der Waals surface area (Å²) in [7, 11) is 0. The van der Waals surface area contributed by atoms with Gasteiger partial charge in [-0.3, -0.25) is 14.4 Å². The van der Waals surface area contributed by atoms with Crippen molar-refractivity contribution in [1.82, 2.24) is 24.6 Å². The summed E-state index contributed by atoms with van der Waals surface area (Å²) in [6.45, 7) is 6.37. The zero-order chi connectivity index (χ0) is 19.3. The third-order valence-electron chi connectivity index (χ3n) is 5.33. The Morgan fingerprint density at radius 1 is 1.25 bits per heavy atom. The van der Waals surface area contributed by atoms with Gasteiger partial charge in [-0.15, -0.1) is 0 Å². The molecule has 2 aromatic heterocycles. The Morgan fingerprint density at radius 2 is 2.11 bits per heavy atom. The van der Waals surface area contributed by atoms with Gasteiger partial charge in [-0.1, -0.05) is 31.2 Å². The third-order valence-corrected chi connectivity index (χ3v) is 5.33. The molecule has 1 aromatic carbocycles. The molecule has 4 rings (SSSR count). The number of aromatic amines is 1. The van der Waals surface area contributed by atoms with E-state index in [-0.39, 0.29) is 5.56 Å². The summed E-state index contributed by atoms with van der Waals surface area (Å²) in [4.78, 5) is 22.1. The van der Waals surface area contributed by atoms with Crippen LogP contribution in [-0.4, -0.2) is 37.7 Å². The minimum atomic E-state index is -0.119. The lowest BCUT2D eigenvalue weighted by molar-refractivity contribution is 0.176. The van der Waals surface area contributed by atoms with E-state index in [1.165, 1.54) is 31.5 Å². The van der Waals surface area contributed by atoms with E-state index in [2.05, 4.69) is 51.2 Å². The smallest absolute Gasteiger partial charge is 0.251 e. The lowest BCUT2D eigenvalue weighted by Gasteiger charge is -2.30. The monoisotopic (exact) mass is 377 g/mol. The zero-order valence-electron chi connectivity index (χ0n) is 16.3. The molecule has 0 aliphatic carbocycles. The maximum absolute atomic E-state index is 12.1. The quantitative estimate of drug-likeness (QED) is 0.717. The van der Waals surface area contributed by atoms with Crippen LogP contribution in [0.4, 0.5) is 0 Å². The molecule has 0 spiro atoms. The van der Waals surface area contributed by atoms with Gasteiger partial charge in [0.05, 0.1) is 5.69 Å². The van der Waals surface area contributed by atoms with Gasteiger partial charge in [0.15, 0.2) is 0 Å². The van der Waals surface area contributed by atoms with Crippen LogP contribution >= 0.6 is 0 Å². The summed E-state index contributed by atoms with van der Waals surface area (Å²) in [6.07, 6.45) is 6.96. The molecule has 0 saturated carbocycles. The van der Waals surface area contributed by atoms with Crippen molar-refractivity contribution >= 4 is 0 Å². The van der Waals surface area contributed by atoms with E-state index in [1.54, 1.807) is 12.3 Å². The van der Waals surface area contributed by atoms with Crippen LogP contribution in [0.5, 0.6) is 0 Å². The number of aromatic nitrogens is 4. The molecule has 1 atom stereocenters. The highest BCUT2D eigenvalue weighted by Crippen LogP contribution is 2.20. The molecule has 28 heavy (non-hydrogen) atoms. The lowest BCUT2D eigenvalue weighted by Crippen LogP contribution is -2.33. The summed E-state index contributed by atoms with van der Waals surface area (Å²) >= 11 is 0. The van der Waals surface area contributed by atoms with Gasteiger partial charge in [-0.05, 0) is 36.9 Å². The maximum Gasteiger partial charge on any atom is 0.251 e. The third kappa shape index (κ3) is 4.75. The first-order chi connectivity index (χ1) is 13.7. The minimum Gasteiger partial charge on any atom is -0.307 e. The normalized spacial score (nSPS) is 17.7. The van der Waals surface area contributed by atoms with Crippen molar-refractivity contribution < 1.29 is 0 Å². The Balaban J connectivity index is 1.45.